The van der Waals surface area contributed by atoms with Gasteiger partial charge in [-0.05, 0) is 12.5 Å². The molecule has 84 valence electrons. The lowest BCUT2D eigenvalue weighted by Crippen LogP contribution is -1.86. The zero-order chi connectivity index (χ0) is 12.1. The molecule has 0 aromatic heterocycles. The maximum atomic E-state index is 10.2. The number of halogens is 1. The molecule has 0 unspecified atom stereocenters. The molecule has 8 heteroatoms. The summed E-state index contributed by atoms with van der Waals surface area (Å²) >= 11 is 0. The van der Waals surface area contributed by atoms with E-state index in [1.54, 1.807) is 12.1 Å². The molecule has 0 spiro atoms. The number of nitro groups is 1. The highest BCUT2D eigenvalue weighted by atomic mass is 35.7. The molecular formula is C7H8ClNO5S. The van der Waals surface area contributed by atoms with Gasteiger partial charge in [-0.25, -0.2) is 0 Å². The zero-order valence-corrected chi connectivity index (χ0v) is 9.20. The minimum Gasteiger partial charge on any atom is -0.273 e. The molecule has 0 aliphatic heterocycles. The van der Waals surface area contributed by atoms with Crippen molar-refractivity contribution in [1.82, 2.24) is 0 Å². The number of rotatable bonds is 1. The highest BCUT2D eigenvalue weighted by Gasteiger charge is 2.01. The summed E-state index contributed by atoms with van der Waals surface area (Å²) in [5, 5.41) is 10.2. The quantitative estimate of drug-likeness (QED) is 0.357. The van der Waals surface area contributed by atoms with Gasteiger partial charge in [0.2, 0.25) is 0 Å². The van der Waals surface area contributed by atoms with E-state index in [-0.39, 0.29) is 5.69 Å². The van der Waals surface area contributed by atoms with Crippen LogP contribution in [0, 0.1) is 17.0 Å². The Morgan fingerprint density at radius 2 is 1.93 bits per heavy atom. The van der Waals surface area contributed by atoms with Crippen molar-refractivity contribution in [3.05, 3.63) is 39.9 Å². The Morgan fingerprint density at radius 3 is 2.20 bits per heavy atom. The first kappa shape index (κ1) is 13.8. The van der Waals surface area contributed by atoms with Crippen molar-refractivity contribution in [2.75, 3.05) is 0 Å². The van der Waals surface area contributed by atoms with Crippen LogP contribution < -0.4 is 0 Å². The summed E-state index contributed by atoms with van der Waals surface area (Å²) in [6.07, 6.45) is 0. The van der Waals surface area contributed by atoms with E-state index in [9.17, 15) is 10.1 Å². The van der Waals surface area contributed by atoms with Gasteiger partial charge in [-0.2, -0.15) is 8.42 Å². The predicted molar refractivity (Wildman–Crippen MR) is 55.2 cm³/mol. The van der Waals surface area contributed by atoms with Gasteiger partial charge in [0.1, 0.15) is 0 Å². The summed E-state index contributed by atoms with van der Waals surface area (Å²) in [7, 11) is -0.137. The molecule has 15 heavy (non-hydrogen) atoms. The minimum atomic E-state index is -4.19. The molecule has 6 nitrogen and oxygen atoms in total. The van der Waals surface area contributed by atoms with Crippen LogP contribution in [0.5, 0.6) is 0 Å². The topological polar surface area (TPSA) is 97.5 Å². The van der Waals surface area contributed by atoms with Crippen molar-refractivity contribution in [3.8, 4) is 0 Å². The van der Waals surface area contributed by atoms with E-state index in [4.69, 9.17) is 13.0 Å². The van der Waals surface area contributed by atoms with Gasteiger partial charge in [0.25, 0.3) is 5.69 Å². The third-order valence-electron chi connectivity index (χ3n) is 1.21. The number of non-ortho nitro benzene ring substituents is 1. The predicted octanol–water partition coefficient (Wildman–Crippen LogP) is 1.93. The number of hydrogen-bond acceptors (Lipinski definition) is 4. The van der Waals surface area contributed by atoms with Crippen molar-refractivity contribution >= 4 is 25.7 Å². The molecule has 0 radical (unpaired) electrons. The number of nitro benzene ring substituents is 1. The molecule has 0 fully saturated rings. The molecule has 0 bridgehead atoms. The average molecular weight is 254 g/mol. The Labute approximate surface area is 90.9 Å². The van der Waals surface area contributed by atoms with Crippen LogP contribution in [0.2, 0.25) is 0 Å². The molecule has 0 aliphatic rings. The first-order valence-electron chi connectivity index (χ1n) is 3.58. The van der Waals surface area contributed by atoms with Crippen LogP contribution in [0.1, 0.15) is 5.56 Å². The Balaban J connectivity index is 0.000000336. The summed E-state index contributed by atoms with van der Waals surface area (Å²) in [5.41, 5.74) is 1.06. The van der Waals surface area contributed by atoms with E-state index < -0.39 is 14.3 Å². The van der Waals surface area contributed by atoms with Crippen LogP contribution in [-0.4, -0.2) is 17.9 Å². The monoisotopic (exact) mass is 253 g/mol. The number of nitrogens with zero attached hydrogens (tertiary/aromatic N) is 1. The molecule has 1 aromatic carbocycles. The maximum Gasteiger partial charge on any atom is 0.353 e. The van der Waals surface area contributed by atoms with Crippen LogP contribution in [0.4, 0.5) is 5.69 Å². The summed E-state index contributed by atoms with van der Waals surface area (Å²) in [5.74, 6) is 0. The van der Waals surface area contributed by atoms with E-state index in [0.717, 1.165) is 5.56 Å². The molecular weight excluding hydrogens is 246 g/mol. The van der Waals surface area contributed by atoms with Gasteiger partial charge < -0.3 is 0 Å². The normalized spacial score (nSPS) is 10.1. The Kier molecular flexibility index (Phi) is 5.20. The second-order valence-corrected chi connectivity index (χ2v) is 4.50. The Bertz CT molecular complexity index is 436. The SMILES string of the molecule is Cc1cccc([N+](=O)[O-])c1.O=S(=O)(O)Cl. The molecule has 1 aromatic rings. The van der Waals surface area contributed by atoms with E-state index in [1.807, 2.05) is 13.0 Å². The second kappa shape index (κ2) is 5.64. The van der Waals surface area contributed by atoms with E-state index >= 15 is 0 Å². The first-order chi connectivity index (χ1) is 6.70. The fourth-order valence-corrected chi connectivity index (χ4v) is 0.742. The lowest BCUT2D eigenvalue weighted by Gasteiger charge is -1.90. The van der Waals surface area contributed by atoms with Crippen molar-refractivity contribution < 1.29 is 17.9 Å². The lowest BCUT2D eigenvalue weighted by molar-refractivity contribution is -0.384. The minimum absolute atomic E-state index is 0.153. The standard InChI is InChI=1S/C7H7NO2.ClHO3S/c1-6-3-2-4-7(5-6)8(9)10;1-5(2,3)4/h2-5H,1H3;(H,2,3,4). The van der Waals surface area contributed by atoms with Crippen molar-refractivity contribution in [3.63, 3.8) is 0 Å². The van der Waals surface area contributed by atoms with Gasteiger partial charge in [0, 0.05) is 22.8 Å². The number of benzene rings is 1. The summed E-state index contributed by atoms with van der Waals surface area (Å²) in [6, 6.07) is 6.52. The lowest BCUT2D eigenvalue weighted by atomic mass is 10.2. The highest BCUT2D eigenvalue weighted by Crippen LogP contribution is 2.11. The van der Waals surface area contributed by atoms with Gasteiger partial charge in [-0.3, -0.25) is 14.7 Å². The van der Waals surface area contributed by atoms with Gasteiger partial charge in [-0.1, -0.05) is 12.1 Å². The van der Waals surface area contributed by atoms with E-state index in [0.29, 0.717) is 0 Å². The van der Waals surface area contributed by atoms with Crippen LogP contribution in [0.15, 0.2) is 24.3 Å². The molecule has 1 rings (SSSR count). The summed E-state index contributed by atoms with van der Waals surface area (Å²) in [6.45, 7) is 1.83. The third kappa shape index (κ3) is 9.13. The molecule has 0 saturated carbocycles. The van der Waals surface area contributed by atoms with Crippen LogP contribution in [-0.2, 0) is 9.33 Å². The van der Waals surface area contributed by atoms with Gasteiger partial charge in [-0.15, -0.1) is 0 Å². The van der Waals surface area contributed by atoms with Crippen molar-refractivity contribution in [2.45, 2.75) is 6.92 Å². The average Bonchev–Trinajstić information content (AvgIpc) is 2.00. The van der Waals surface area contributed by atoms with Crippen molar-refractivity contribution in [2.24, 2.45) is 0 Å². The van der Waals surface area contributed by atoms with Crippen molar-refractivity contribution in [1.29, 1.82) is 0 Å². The molecule has 0 heterocycles. The molecule has 0 saturated heterocycles. The van der Waals surface area contributed by atoms with Crippen LogP contribution >= 0.6 is 10.7 Å². The fraction of sp³-hybridized carbons (Fsp3) is 0.143. The van der Waals surface area contributed by atoms with Crippen LogP contribution in [0.25, 0.3) is 0 Å². The van der Waals surface area contributed by atoms with Gasteiger partial charge >= 0.3 is 9.33 Å². The van der Waals surface area contributed by atoms with Gasteiger partial charge in [0.05, 0.1) is 4.92 Å². The zero-order valence-electron chi connectivity index (χ0n) is 7.62. The molecule has 0 atom stereocenters. The summed E-state index contributed by atoms with van der Waals surface area (Å²) in [4.78, 5) is 9.76. The molecule has 0 aliphatic carbocycles. The highest BCUT2D eigenvalue weighted by molar-refractivity contribution is 8.09. The Hall–Kier alpha value is -1.18. The molecule has 0 amide bonds. The largest absolute Gasteiger partial charge is 0.353 e. The maximum absolute atomic E-state index is 10.2. The molecule has 1 N–H and O–H groups in total. The smallest absolute Gasteiger partial charge is 0.273 e. The second-order valence-electron chi connectivity index (χ2n) is 2.51. The Morgan fingerprint density at radius 1 is 1.47 bits per heavy atom. The van der Waals surface area contributed by atoms with E-state index in [1.165, 1.54) is 6.07 Å². The third-order valence-corrected chi connectivity index (χ3v) is 1.21. The van der Waals surface area contributed by atoms with Gasteiger partial charge in [0.15, 0.2) is 0 Å². The number of aryl methyl sites for hydroxylation is 1. The van der Waals surface area contributed by atoms with E-state index in [2.05, 4.69) is 10.7 Å². The van der Waals surface area contributed by atoms with Crippen LogP contribution in [0.3, 0.4) is 0 Å². The summed E-state index contributed by atoms with van der Waals surface area (Å²) < 4.78 is 25.2. The first-order valence-corrected chi connectivity index (χ1v) is 5.85. The fourth-order valence-electron chi connectivity index (χ4n) is 0.742. The number of hydrogen-bond donors (Lipinski definition) is 1.